The number of aryl methyl sites for hydroxylation is 2. The van der Waals surface area contributed by atoms with Crippen LogP contribution in [0.5, 0.6) is 0 Å². The van der Waals surface area contributed by atoms with E-state index in [-0.39, 0.29) is 0 Å². The van der Waals surface area contributed by atoms with E-state index in [1.165, 1.54) is 12.8 Å². The molecular formula is C16H25N3O3. The summed E-state index contributed by atoms with van der Waals surface area (Å²) in [5, 5.41) is 13.6. The standard InChI is InChI=1S/C16H25N3O3/c1-11-14(12(2)22-17-11)10-19-8-5-13(9-15(19)16(20)21)18-6-3-4-7-18/h13,15H,3-10H2,1-2H3,(H,20,21)/t13-,15-/m0/s1. The average molecular weight is 307 g/mol. The summed E-state index contributed by atoms with van der Waals surface area (Å²) in [5.41, 5.74) is 1.90. The topological polar surface area (TPSA) is 69.8 Å². The molecule has 2 atom stereocenters. The summed E-state index contributed by atoms with van der Waals surface area (Å²) >= 11 is 0. The second kappa shape index (κ2) is 6.38. The highest BCUT2D eigenvalue weighted by atomic mass is 16.5. The van der Waals surface area contributed by atoms with Gasteiger partial charge < -0.3 is 14.5 Å². The normalized spacial score (nSPS) is 27.4. The third kappa shape index (κ3) is 3.03. The third-order valence-corrected chi connectivity index (χ3v) is 5.17. The molecule has 0 spiro atoms. The zero-order valence-electron chi connectivity index (χ0n) is 13.4. The third-order valence-electron chi connectivity index (χ3n) is 5.17. The molecule has 2 aliphatic heterocycles. The molecule has 22 heavy (non-hydrogen) atoms. The van der Waals surface area contributed by atoms with Crippen LogP contribution in [0.1, 0.15) is 42.7 Å². The van der Waals surface area contributed by atoms with E-state index in [0.717, 1.165) is 49.5 Å². The highest BCUT2D eigenvalue weighted by molar-refractivity contribution is 5.73. The van der Waals surface area contributed by atoms with Crippen molar-refractivity contribution in [3.05, 3.63) is 17.0 Å². The molecule has 1 aromatic rings. The van der Waals surface area contributed by atoms with Crippen molar-refractivity contribution in [2.24, 2.45) is 0 Å². The molecule has 0 aromatic carbocycles. The highest BCUT2D eigenvalue weighted by Crippen LogP contribution is 2.27. The van der Waals surface area contributed by atoms with E-state index < -0.39 is 12.0 Å². The van der Waals surface area contributed by atoms with Gasteiger partial charge in [-0.05, 0) is 52.6 Å². The number of piperidine rings is 1. The molecule has 0 bridgehead atoms. The van der Waals surface area contributed by atoms with Crippen LogP contribution in [-0.4, -0.2) is 57.8 Å². The maximum atomic E-state index is 11.7. The second-order valence-corrected chi connectivity index (χ2v) is 6.55. The molecule has 3 rings (SSSR count). The predicted molar refractivity (Wildman–Crippen MR) is 81.6 cm³/mol. The number of carboxylic acids is 1. The summed E-state index contributed by atoms with van der Waals surface area (Å²) in [6.45, 7) is 7.50. The first-order valence-electron chi connectivity index (χ1n) is 8.19. The van der Waals surface area contributed by atoms with Crippen LogP contribution in [0.2, 0.25) is 0 Å². The predicted octanol–water partition coefficient (Wildman–Crippen LogP) is 1.80. The van der Waals surface area contributed by atoms with Crippen molar-refractivity contribution in [3.63, 3.8) is 0 Å². The minimum atomic E-state index is -0.712. The first kappa shape index (κ1) is 15.5. The van der Waals surface area contributed by atoms with E-state index in [1.807, 2.05) is 13.8 Å². The minimum Gasteiger partial charge on any atom is -0.480 e. The Labute approximate surface area is 131 Å². The van der Waals surface area contributed by atoms with Crippen LogP contribution in [0.4, 0.5) is 0 Å². The van der Waals surface area contributed by atoms with Crippen molar-refractivity contribution in [2.45, 2.75) is 58.2 Å². The summed E-state index contributed by atoms with van der Waals surface area (Å²) < 4.78 is 5.20. The maximum Gasteiger partial charge on any atom is 0.320 e. The SMILES string of the molecule is Cc1noc(C)c1CN1CC[C@H](N2CCCC2)C[C@H]1C(=O)O. The molecule has 0 aliphatic carbocycles. The van der Waals surface area contributed by atoms with Gasteiger partial charge in [-0.3, -0.25) is 9.69 Å². The largest absolute Gasteiger partial charge is 0.480 e. The van der Waals surface area contributed by atoms with E-state index in [9.17, 15) is 9.90 Å². The van der Waals surface area contributed by atoms with Crippen molar-refractivity contribution in [1.82, 2.24) is 15.0 Å². The van der Waals surface area contributed by atoms with Crippen molar-refractivity contribution < 1.29 is 14.4 Å². The summed E-state index contributed by atoms with van der Waals surface area (Å²) in [4.78, 5) is 16.3. The van der Waals surface area contributed by atoms with Gasteiger partial charge in [0.05, 0.1) is 5.69 Å². The van der Waals surface area contributed by atoms with Crippen molar-refractivity contribution >= 4 is 5.97 Å². The average Bonchev–Trinajstić information content (AvgIpc) is 3.13. The quantitative estimate of drug-likeness (QED) is 0.915. The van der Waals surface area contributed by atoms with Gasteiger partial charge in [0.15, 0.2) is 0 Å². The lowest BCUT2D eigenvalue weighted by molar-refractivity contribution is -0.146. The molecule has 1 aromatic heterocycles. The lowest BCUT2D eigenvalue weighted by atomic mass is 9.95. The number of aromatic nitrogens is 1. The van der Waals surface area contributed by atoms with Crippen molar-refractivity contribution in [2.75, 3.05) is 19.6 Å². The van der Waals surface area contributed by atoms with E-state index in [0.29, 0.717) is 12.6 Å². The molecule has 6 nitrogen and oxygen atoms in total. The van der Waals surface area contributed by atoms with Gasteiger partial charge >= 0.3 is 5.97 Å². The monoisotopic (exact) mass is 307 g/mol. The van der Waals surface area contributed by atoms with Gasteiger partial charge in [0.2, 0.25) is 0 Å². The molecule has 1 N–H and O–H groups in total. The molecule has 6 heteroatoms. The van der Waals surface area contributed by atoms with E-state index in [1.54, 1.807) is 0 Å². The van der Waals surface area contributed by atoms with Gasteiger partial charge in [-0.2, -0.15) is 0 Å². The van der Waals surface area contributed by atoms with E-state index >= 15 is 0 Å². The number of aliphatic carboxylic acids is 1. The Morgan fingerprint density at radius 2 is 2.05 bits per heavy atom. The van der Waals surface area contributed by atoms with Crippen LogP contribution in [0.3, 0.4) is 0 Å². The number of hydrogen-bond acceptors (Lipinski definition) is 5. The fourth-order valence-electron chi connectivity index (χ4n) is 3.81. The highest BCUT2D eigenvalue weighted by Gasteiger charge is 2.36. The summed E-state index contributed by atoms with van der Waals surface area (Å²) in [5.74, 6) is 0.0824. The molecule has 0 amide bonds. The Morgan fingerprint density at radius 1 is 1.32 bits per heavy atom. The second-order valence-electron chi connectivity index (χ2n) is 6.55. The minimum absolute atomic E-state index is 0.409. The molecule has 0 radical (unpaired) electrons. The fraction of sp³-hybridized carbons (Fsp3) is 0.750. The molecule has 122 valence electrons. The molecular weight excluding hydrogens is 282 g/mol. The zero-order chi connectivity index (χ0) is 15.7. The van der Waals surface area contributed by atoms with Gasteiger partial charge in [-0.25, -0.2) is 0 Å². The molecule has 0 saturated carbocycles. The van der Waals surface area contributed by atoms with Crippen molar-refractivity contribution in [3.8, 4) is 0 Å². The van der Waals surface area contributed by atoms with Crippen LogP contribution in [0, 0.1) is 13.8 Å². The first-order valence-corrected chi connectivity index (χ1v) is 8.19. The smallest absolute Gasteiger partial charge is 0.320 e. The number of rotatable bonds is 4. The van der Waals surface area contributed by atoms with Gasteiger partial charge in [0.1, 0.15) is 11.8 Å². The number of hydrogen-bond donors (Lipinski definition) is 1. The Morgan fingerprint density at radius 3 is 2.64 bits per heavy atom. The van der Waals surface area contributed by atoms with Crippen LogP contribution in [-0.2, 0) is 11.3 Å². The number of nitrogens with zero attached hydrogens (tertiary/aromatic N) is 3. The Hall–Kier alpha value is -1.40. The number of likely N-dealkylation sites (tertiary alicyclic amines) is 2. The van der Waals surface area contributed by atoms with Crippen LogP contribution < -0.4 is 0 Å². The van der Waals surface area contributed by atoms with Gasteiger partial charge in [0.25, 0.3) is 0 Å². The van der Waals surface area contributed by atoms with Crippen LogP contribution in [0.25, 0.3) is 0 Å². The Bertz CT molecular complexity index is 517. The zero-order valence-corrected chi connectivity index (χ0v) is 13.4. The van der Waals surface area contributed by atoms with Gasteiger partial charge in [-0.15, -0.1) is 0 Å². The number of carbonyl (C=O) groups is 1. The summed E-state index contributed by atoms with van der Waals surface area (Å²) in [6.07, 6.45) is 4.26. The lowest BCUT2D eigenvalue weighted by Gasteiger charge is -2.40. The van der Waals surface area contributed by atoms with Crippen LogP contribution in [0.15, 0.2) is 4.52 Å². The molecule has 2 saturated heterocycles. The molecule has 0 unspecified atom stereocenters. The fourth-order valence-corrected chi connectivity index (χ4v) is 3.81. The van der Waals surface area contributed by atoms with Gasteiger partial charge in [0, 0.05) is 24.7 Å². The summed E-state index contributed by atoms with van der Waals surface area (Å²) in [6, 6.07) is 0.0116. The Kier molecular flexibility index (Phi) is 4.49. The molecule has 2 aliphatic rings. The lowest BCUT2D eigenvalue weighted by Crippen LogP contribution is -2.52. The first-order chi connectivity index (χ1) is 10.6. The number of carboxylic acid groups (broad SMARTS) is 1. The van der Waals surface area contributed by atoms with Crippen LogP contribution >= 0.6 is 0 Å². The van der Waals surface area contributed by atoms with E-state index in [2.05, 4.69) is 15.0 Å². The van der Waals surface area contributed by atoms with Crippen molar-refractivity contribution in [1.29, 1.82) is 0 Å². The summed E-state index contributed by atoms with van der Waals surface area (Å²) in [7, 11) is 0. The molecule has 2 fully saturated rings. The van der Waals surface area contributed by atoms with Gasteiger partial charge in [-0.1, -0.05) is 5.16 Å². The maximum absolute atomic E-state index is 11.7. The van der Waals surface area contributed by atoms with E-state index in [4.69, 9.17) is 4.52 Å². The molecule has 3 heterocycles. The Balaban J connectivity index is 1.70.